The highest BCUT2D eigenvalue weighted by molar-refractivity contribution is 7.47. The topological polar surface area (TPSA) is 131 Å². The van der Waals surface area contributed by atoms with Crippen LogP contribution in [0.5, 0.6) is 0 Å². The first kappa shape index (κ1) is 59.5. The first-order valence-electron chi connectivity index (χ1n) is 25.8. The zero-order valence-electron chi connectivity index (χ0n) is 39.9. The Hall–Kier alpha value is -1.51. The predicted octanol–water partition coefficient (Wildman–Crippen LogP) is 15.1. The summed E-state index contributed by atoms with van der Waals surface area (Å²) in [5.41, 5.74) is 0. The maximum Gasteiger partial charge on any atom is 0.472 e. The average Bonchev–Trinajstić information content (AvgIpc) is 3.25. The third-order valence-corrected chi connectivity index (χ3v) is 12.4. The van der Waals surface area contributed by atoms with Gasteiger partial charge in [0, 0.05) is 19.4 Å². The molecule has 0 aliphatic carbocycles. The monoisotopic (exact) mass is 884 g/mol. The van der Waals surface area contributed by atoms with Gasteiger partial charge in [-0.05, 0) is 44.9 Å². The molecule has 360 valence electrons. The molecule has 0 rings (SSSR count). The van der Waals surface area contributed by atoms with Crippen LogP contribution in [0.1, 0.15) is 258 Å². The van der Waals surface area contributed by atoms with Crippen molar-refractivity contribution in [3.63, 3.8) is 0 Å². The number of esters is 1. The zero-order valence-corrected chi connectivity index (χ0v) is 40.8. The van der Waals surface area contributed by atoms with Gasteiger partial charge in [-0.25, -0.2) is 4.57 Å². The first-order valence-corrected chi connectivity index (χ1v) is 27.3. The van der Waals surface area contributed by atoms with Gasteiger partial charge in [0.2, 0.25) is 5.91 Å². The fourth-order valence-electron chi connectivity index (χ4n) is 7.47. The molecule has 61 heavy (non-hydrogen) atoms. The number of allylic oxidation sites excluding steroid dienone is 4. The number of phosphoric ester groups is 1. The summed E-state index contributed by atoms with van der Waals surface area (Å²) in [4.78, 5) is 34.1. The van der Waals surface area contributed by atoms with E-state index in [1.165, 1.54) is 180 Å². The van der Waals surface area contributed by atoms with Crippen LogP contribution in [-0.2, 0) is 27.9 Å². The van der Waals surface area contributed by atoms with Crippen LogP contribution in [0.3, 0.4) is 0 Å². The highest BCUT2D eigenvalue weighted by Crippen LogP contribution is 2.42. The van der Waals surface area contributed by atoms with Crippen molar-refractivity contribution in [1.29, 1.82) is 0 Å². The molecule has 0 aliphatic heterocycles. The molecule has 0 aromatic heterocycles. The minimum atomic E-state index is -4.42. The molecule has 0 radical (unpaired) electrons. The molecular formula is C51H98NO8P. The van der Waals surface area contributed by atoms with Crippen molar-refractivity contribution in [3.8, 4) is 0 Å². The van der Waals surface area contributed by atoms with E-state index in [1.54, 1.807) is 0 Å². The number of amides is 1. The molecule has 0 heterocycles. The molecular weight excluding hydrogens is 786 g/mol. The van der Waals surface area contributed by atoms with E-state index in [0.717, 1.165) is 51.4 Å². The van der Waals surface area contributed by atoms with Crippen molar-refractivity contribution < 1.29 is 37.9 Å². The van der Waals surface area contributed by atoms with Crippen LogP contribution in [0.15, 0.2) is 24.3 Å². The zero-order chi connectivity index (χ0) is 44.6. The van der Waals surface area contributed by atoms with Gasteiger partial charge in [0.15, 0.2) is 0 Å². The van der Waals surface area contributed by atoms with E-state index in [-0.39, 0.29) is 32.1 Å². The molecule has 10 heteroatoms. The Kier molecular flexibility index (Phi) is 46.8. The number of nitrogens with one attached hydrogen (secondary N) is 1. The van der Waals surface area contributed by atoms with Crippen LogP contribution >= 0.6 is 7.82 Å². The van der Waals surface area contributed by atoms with Gasteiger partial charge in [0.05, 0.1) is 13.2 Å². The lowest BCUT2D eigenvalue weighted by Gasteiger charge is -2.15. The van der Waals surface area contributed by atoms with Crippen LogP contribution < -0.4 is 5.32 Å². The summed E-state index contributed by atoms with van der Waals surface area (Å²) in [5, 5.41) is 12.7. The highest BCUT2D eigenvalue weighted by atomic mass is 31.2. The molecule has 0 spiro atoms. The van der Waals surface area contributed by atoms with E-state index in [2.05, 4.69) is 43.5 Å². The molecule has 0 saturated heterocycles. The van der Waals surface area contributed by atoms with E-state index in [9.17, 15) is 24.2 Å². The molecule has 9 nitrogen and oxygen atoms in total. The molecule has 2 atom stereocenters. The Morgan fingerprint density at radius 3 is 1.34 bits per heavy atom. The predicted molar refractivity (Wildman–Crippen MR) is 257 cm³/mol. The average molecular weight is 884 g/mol. The third kappa shape index (κ3) is 49.4. The number of aliphatic hydroxyl groups excluding tert-OH is 1. The maximum absolute atomic E-state index is 12.1. The molecule has 0 saturated carbocycles. The number of hydrogen-bond donors (Lipinski definition) is 3. The fourth-order valence-corrected chi connectivity index (χ4v) is 8.23. The fraction of sp³-hybridized carbons (Fsp3) is 0.882. The van der Waals surface area contributed by atoms with Crippen LogP contribution in [0.4, 0.5) is 0 Å². The molecule has 0 aromatic carbocycles. The molecule has 0 aromatic rings. The van der Waals surface area contributed by atoms with E-state index in [1.807, 2.05) is 0 Å². The van der Waals surface area contributed by atoms with Crippen molar-refractivity contribution in [3.05, 3.63) is 24.3 Å². The van der Waals surface area contributed by atoms with E-state index in [0.29, 0.717) is 6.42 Å². The van der Waals surface area contributed by atoms with Crippen molar-refractivity contribution in [2.24, 2.45) is 0 Å². The van der Waals surface area contributed by atoms with Crippen molar-refractivity contribution >= 4 is 19.7 Å². The summed E-state index contributed by atoms with van der Waals surface area (Å²) in [6.07, 6.45) is 54.1. The highest BCUT2D eigenvalue weighted by Gasteiger charge is 2.23. The van der Waals surface area contributed by atoms with Crippen LogP contribution in [0.25, 0.3) is 0 Å². The quantitative estimate of drug-likeness (QED) is 0.0238. The van der Waals surface area contributed by atoms with Crippen LogP contribution in [0.2, 0.25) is 0 Å². The number of hydrogen-bond acceptors (Lipinski definition) is 7. The van der Waals surface area contributed by atoms with Gasteiger partial charge in [-0.3, -0.25) is 18.6 Å². The van der Waals surface area contributed by atoms with Crippen molar-refractivity contribution in [1.82, 2.24) is 5.32 Å². The standard InChI is InChI=1S/C51H98NO8P/c1-3-5-7-9-11-13-15-17-19-21-22-23-24-25-26-28-30-32-34-36-38-40-42-44-51(55)58-47-49(53)48-60-61(56,57)59-46-45-52-50(54)43-41-39-37-35-33-31-29-27-20-18-16-14-12-10-8-6-4-2/h12,14,18,20,49,53H,3-11,13,15-17,19,21-48H2,1-2H3,(H,52,54)(H,56,57)/b14-12-,20-18-. The molecule has 2 unspecified atom stereocenters. The van der Waals surface area contributed by atoms with Crippen molar-refractivity contribution in [2.75, 3.05) is 26.4 Å². The number of aliphatic hydroxyl groups is 1. The Morgan fingerprint density at radius 1 is 0.508 bits per heavy atom. The lowest BCUT2D eigenvalue weighted by atomic mass is 10.0. The number of phosphoric acid groups is 1. The molecule has 0 fully saturated rings. The Labute approximate surface area is 376 Å². The minimum Gasteiger partial charge on any atom is -0.463 e. The second-order valence-electron chi connectivity index (χ2n) is 17.5. The van der Waals surface area contributed by atoms with E-state index < -0.39 is 26.5 Å². The third-order valence-electron chi connectivity index (χ3n) is 11.4. The maximum atomic E-state index is 12.1. The van der Waals surface area contributed by atoms with Gasteiger partial charge in [0.1, 0.15) is 12.7 Å². The van der Waals surface area contributed by atoms with Gasteiger partial charge in [-0.15, -0.1) is 0 Å². The number of carbonyl (C=O) groups is 2. The Bertz CT molecular complexity index is 1050. The second kappa shape index (κ2) is 48.0. The van der Waals surface area contributed by atoms with Gasteiger partial charge in [-0.1, -0.05) is 224 Å². The normalized spacial score (nSPS) is 13.3. The summed E-state index contributed by atoms with van der Waals surface area (Å²) >= 11 is 0. The summed E-state index contributed by atoms with van der Waals surface area (Å²) in [6, 6.07) is 0. The molecule has 0 bridgehead atoms. The Morgan fingerprint density at radius 2 is 0.885 bits per heavy atom. The molecule has 1 amide bonds. The van der Waals surface area contributed by atoms with Crippen LogP contribution in [0, 0.1) is 0 Å². The largest absolute Gasteiger partial charge is 0.472 e. The summed E-state index contributed by atoms with van der Waals surface area (Å²) in [7, 11) is -4.42. The molecule has 0 aliphatic rings. The van der Waals surface area contributed by atoms with Crippen molar-refractivity contribution in [2.45, 2.75) is 264 Å². The minimum absolute atomic E-state index is 0.0796. The van der Waals surface area contributed by atoms with Gasteiger partial charge in [-0.2, -0.15) is 0 Å². The van der Waals surface area contributed by atoms with Gasteiger partial charge in [0.25, 0.3) is 0 Å². The van der Waals surface area contributed by atoms with E-state index in [4.69, 9.17) is 13.8 Å². The number of unbranched alkanes of at least 4 members (excludes halogenated alkanes) is 32. The summed E-state index contributed by atoms with van der Waals surface area (Å²) in [6.45, 7) is 3.57. The van der Waals surface area contributed by atoms with E-state index >= 15 is 0 Å². The molecule has 3 N–H and O–H groups in total. The first-order chi connectivity index (χ1) is 29.8. The summed E-state index contributed by atoms with van der Waals surface area (Å²) < 4.78 is 27.0. The van der Waals surface area contributed by atoms with Crippen LogP contribution in [-0.4, -0.2) is 54.3 Å². The number of ether oxygens (including phenoxy) is 1. The van der Waals surface area contributed by atoms with Gasteiger partial charge >= 0.3 is 13.8 Å². The lowest BCUT2D eigenvalue weighted by molar-refractivity contribution is -0.147. The SMILES string of the molecule is CCCCC/C=C\C/C=C\CCCCCCCCCC(=O)NCCOP(=O)(O)OCC(O)COC(=O)CCCCCCCCCCCCCCCCCCCCCCCCC. The Balaban J connectivity index is 3.52. The number of rotatable bonds is 49. The second-order valence-corrected chi connectivity index (χ2v) is 19.0. The number of carbonyl (C=O) groups excluding carboxylic acids is 2. The lowest BCUT2D eigenvalue weighted by Crippen LogP contribution is -2.27. The van der Waals surface area contributed by atoms with Gasteiger partial charge < -0.3 is 20.1 Å². The smallest absolute Gasteiger partial charge is 0.463 e. The summed E-state index contributed by atoms with van der Waals surface area (Å²) in [5.74, 6) is -0.513.